The van der Waals surface area contributed by atoms with Gasteiger partial charge in [-0.2, -0.15) is 9.78 Å². The third kappa shape index (κ3) is 4.93. The van der Waals surface area contributed by atoms with Crippen LogP contribution in [0.5, 0.6) is 5.75 Å². The van der Waals surface area contributed by atoms with Crippen molar-refractivity contribution in [3.05, 3.63) is 41.9 Å². The predicted octanol–water partition coefficient (Wildman–Crippen LogP) is 3.44. The highest BCUT2D eigenvalue weighted by Crippen LogP contribution is 2.34. The number of methoxy groups -OCH3 is 1. The number of aromatic nitrogens is 3. The normalized spacial score (nSPS) is 13.1. The largest absolute Gasteiger partial charge is 0.495 e. The zero-order chi connectivity index (χ0) is 25.3. The molecule has 0 fully saturated rings. The average molecular weight is 499 g/mol. The van der Waals surface area contributed by atoms with E-state index in [1.807, 2.05) is 13.0 Å². The monoisotopic (exact) mass is 498 g/mol. The van der Waals surface area contributed by atoms with Crippen LogP contribution in [0.1, 0.15) is 32.1 Å². The van der Waals surface area contributed by atoms with Gasteiger partial charge >= 0.3 is 6.09 Å². The first-order valence-corrected chi connectivity index (χ1v) is 11.8. The molecule has 0 bridgehead atoms. The first kappa shape index (κ1) is 24.5. The zero-order valence-electron chi connectivity index (χ0n) is 20.1. The zero-order valence-corrected chi connectivity index (χ0v) is 20.9. The number of amides is 2. The van der Waals surface area contributed by atoms with Gasteiger partial charge in [-0.1, -0.05) is 11.8 Å². The van der Waals surface area contributed by atoms with E-state index < -0.39 is 17.6 Å². The van der Waals surface area contributed by atoms with Gasteiger partial charge in [-0.05, 0) is 52.0 Å². The lowest BCUT2D eigenvalue weighted by atomic mass is 10.1. The van der Waals surface area contributed by atoms with E-state index in [0.29, 0.717) is 39.5 Å². The van der Waals surface area contributed by atoms with Gasteiger partial charge in [0.15, 0.2) is 5.82 Å². The predicted molar refractivity (Wildman–Crippen MR) is 131 cm³/mol. The molecule has 35 heavy (non-hydrogen) atoms. The summed E-state index contributed by atoms with van der Waals surface area (Å²) in [6.07, 6.45) is 0.740. The molecule has 0 radical (unpaired) electrons. The summed E-state index contributed by atoms with van der Waals surface area (Å²) >= 11 is 1.47. The second-order valence-electron chi connectivity index (χ2n) is 8.64. The number of anilines is 1. The summed E-state index contributed by atoms with van der Waals surface area (Å²) in [4.78, 5) is 26.6. The molecule has 0 saturated carbocycles. The number of hydrogen-bond acceptors (Lipinski definition) is 10. The molecule has 2 amide bonds. The van der Waals surface area contributed by atoms with Crippen molar-refractivity contribution in [2.24, 2.45) is 10.8 Å². The van der Waals surface area contributed by atoms with Gasteiger partial charge in [0.1, 0.15) is 17.1 Å². The standard InChI is InChI=1S/C23H26N6O5S/c1-13-15(8-9-33-13)20-25-26-21-29(20)27-16(12-35-21)14-6-7-18(32-5)17(10-14)28(19(30)11-24)22(31)34-23(2,3)4/h6-10H,11-12,24H2,1-5H3. The summed E-state index contributed by atoms with van der Waals surface area (Å²) in [7, 11) is 1.45. The molecule has 1 aliphatic rings. The van der Waals surface area contributed by atoms with Crippen LogP contribution in [0.3, 0.4) is 0 Å². The number of hydrogen-bond donors (Lipinski definition) is 1. The number of fused-ring (bicyclic) bond motifs is 1. The minimum absolute atomic E-state index is 0.211. The molecule has 2 N–H and O–H groups in total. The Morgan fingerprint density at radius 3 is 2.66 bits per heavy atom. The summed E-state index contributed by atoms with van der Waals surface area (Å²) < 4.78 is 18.0. The maximum absolute atomic E-state index is 13.0. The van der Waals surface area contributed by atoms with Gasteiger partial charge in [0.05, 0.1) is 36.9 Å². The number of rotatable bonds is 5. The molecular formula is C23H26N6O5S. The Hall–Kier alpha value is -3.64. The highest BCUT2D eigenvalue weighted by molar-refractivity contribution is 7.99. The molecule has 2 aromatic heterocycles. The van der Waals surface area contributed by atoms with E-state index in [2.05, 4.69) is 10.2 Å². The Morgan fingerprint density at radius 2 is 2.03 bits per heavy atom. The Morgan fingerprint density at radius 1 is 1.26 bits per heavy atom. The molecule has 3 heterocycles. The van der Waals surface area contributed by atoms with E-state index >= 15 is 0 Å². The molecule has 0 unspecified atom stereocenters. The summed E-state index contributed by atoms with van der Waals surface area (Å²) in [5, 5.41) is 13.9. The average Bonchev–Trinajstić information content (AvgIpc) is 3.42. The Bertz CT molecular complexity index is 1310. The summed E-state index contributed by atoms with van der Waals surface area (Å²) in [5.41, 5.74) is 7.17. The fourth-order valence-corrected chi connectivity index (χ4v) is 4.27. The number of carbonyl (C=O) groups excluding carboxylic acids is 2. The van der Waals surface area contributed by atoms with E-state index in [4.69, 9.17) is 24.7 Å². The van der Waals surface area contributed by atoms with Crippen LogP contribution >= 0.6 is 11.8 Å². The van der Waals surface area contributed by atoms with Crippen LogP contribution in [0.25, 0.3) is 11.4 Å². The number of ether oxygens (including phenoxy) is 2. The number of benzene rings is 1. The lowest BCUT2D eigenvalue weighted by Crippen LogP contribution is -2.44. The highest BCUT2D eigenvalue weighted by atomic mass is 32.2. The Labute approximate surface area is 206 Å². The maximum Gasteiger partial charge on any atom is 0.421 e. The van der Waals surface area contributed by atoms with Crippen molar-refractivity contribution in [2.75, 3.05) is 24.3 Å². The van der Waals surface area contributed by atoms with Crippen molar-refractivity contribution in [1.82, 2.24) is 14.9 Å². The molecule has 0 aliphatic carbocycles. The molecule has 12 heteroatoms. The molecular weight excluding hydrogens is 472 g/mol. The van der Waals surface area contributed by atoms with Gasteiger partial charge in [-0.15, -0.1) is 10.2 Å². The molecule has 11 nitrogen and oxygen atoms in total. The molecule has 0 atom stereocenters. The summed E-state index contributed by atoms with van der Waals surface area (Å²) in [6, 6.07) is 6.94. The van der Waals surface area contributed by atoms with Crippen molar-refractivity contribution in [3.8, 4) is 17.1 Å². The number of thioether (sulfide) groups is 1. The number of aryl methyl sites for hydroxylation is 1. The number of nitrogens with two attached hydrogens (primary N) is 1. The van der Waals surface area contributed by atoms with E-state index in [-0.39, 0.29) is 12.2 Å². The molecule has 184 valence electrons. The molecule has 4 rings (SSSR count). The number of furan rings is 1. The summed E-state index contributed by atoms with van der Waals surface area (Å²) in [6.45, 7) is 6.60. The second kappa shape index (κ2) is 9.55. The van der Waals surface area contributed by atoms with Gasteiger partial charge in [0.25, 0.3) is 0 Å². The SMILES string of the molecule is COc1ccc(C2=Nn3c(nnc3-c3ccoc3C)SC2)cc1N(C(=O)CN)C(=O)OC(C)(C)C. The smallest absolute Gasteiger partial charge is 0.421 e. The van der Waals surface area contributed by atoms with Crippen molar-refractivity contribution in [3.63, 3.8) is 0 Å². The molecule has 0 spiro atoms. The molecule has 3 aromatic rings. The van der Waals surface area contributed by atoms with Crippen molar-refractivity contribution >= 4 is 35.2 Å². The fourth-order valence-electron chi connectivity index (χ4n) is 3.43. The third-order valence-electron chi connectivity index (χ3n) is 5.02. The minimum atomic E-state index is -0.845. The summed E-state index contributed by atoms with van der Waals surface area (Å²) in [5.74, 6) is 1.44. The van der Waals surface area contributed by atoms with Crippen LogP contribution in [0, 0.1) is 6.92 Å². The van der Waals surface area contributed by atoms with E-state index in [9.17, 15) is 9.59 Å². The van der Waals surface area contributed by atoms with Gasteiger partial charge < -0.3 is 19.6 Å². The van der Waals surface area contributed by atoms with Crippen LogP contribution in [0.4, 0.5) is 10.5 Å². The highest BCUT2D eigenvalue weighted by Gasteiger charge is 2.31. The second-order valence-corrected chi connectivity index (χ2v) is 9.59. The third-order valence-corrected chi connectivity index (χ3v) is 5.95. The van der Waals surface area contributed by atoms with E-state index in [1.165, 1.54) is 18.9 Å². The van der Waals surface area contributed by atoms with E-state index in [1.54, 1.807) is 49.9 Å². The number of imide groups is 1. The van der Waals surface area contributed by atoms with Crippen LogP contribution in [-0.4, -0.2) is 57.6 Å². The van der Waals surface area contributed by atoms with E-state index in [0.717, 1.165) is 10.5 Å². The fraction of sp³-hybridized carbons (Fsp3) is 0.348. The van der Waals surface area contributed by atoms with Crippen LogP contribution < -0.4 is 15.4 Å². The lowest BCUT2D eigenvalue weighted by molar-refractivity contribution is -0.117. The topological polar surface area (TPSA) is 138 Å². The number of carbonyl (C=O) groups is 2. The Balaban J connectivity index is 1.78. The van der Waals surface area contributed by atoms with Crippen molar-refractivity contribution in [2.45, 2.75) is 38.5 Å². The minimum Gasteiger partial charge on any atom is -0.495 e. The quantitative estimate of drug-likeness (QED) is 0.560. The first-order valence-electron chi connectivity index (χ1n) is 10.8. The van der Waals surface area contributed by atoms with Crippen LogP contribution in [-0.2, 0) is 9.53 Å². The lowest BCUT2D eigenvalue weighted by Gasteiger charge is -2.27. The van der Waals surface area contributed by atoms with Crippen LogP contribution in [0.15, 0.2) is 45.2 Å². The molecule has 0 saturated heterocycles. The van der Waals surface area contributed by atoms with Gasteiger partial charge in [0, 0.05) is 11.3 Å². The van der Waals surface area contributed by atoms with Gasteiger partial charge in [-0.25, -0.2) is 9.69 Å². The van der Waals surface area contributed by atoms with Crippen LogP contribution in [0.2, 0.25) is 0 Å². The first-order chi connectivity index (χ1) is 16.6. The molecule has 1 aromatic carbocycles. The van der Waals surface area contributed by atoms with Crippen molar-refractivity contribution < 1.29 is 23.5 Å². The Kier molecular flexibility index (Phi) is 6.68. The van der Waals surface area contributed by atoms with Crippen molar-refractivity contribution in [1.29, 1.82) is 0 Å². The molecule has 1 aliphatic heterocycles. The maximum atomic E-state index is 13.0. The van der Waals surface area contributed by atoms with Gasteiger partial charge in [-0.3, -0.25) is 4.79 Å². The van der Waals surface area contributed by atoms with Gasteiger partial charge in [0.2, 0.25) is 11.1 Å². The number of nitrogens with zero attached hydrogens (tertiary/aromatic N) is 5.